The summed E-state index contributed by atoms with van der Waals surface area (Å²) in [6.07, 6.45) is 3.30. The zero-order valence-electron chi connectivity index (χ0n) is 13.9. The lowest BCUT2D eigenvalue weighted by molar-refractivity contribution is 0.0951. The van der Waals surface area contributed by atoms with Crippen LogP contribution >= 0.6 is 23.4 Å². The van der Waals surface area contributed by atoms with Crippen LogP contribution in [0, 0.1) is 0 Å². The van der Waals surface area contributed by atoms with Crippen LogP contribution in [0.25, 0.3) is 0 Å². The minimum Gasteiger partial charge on any atom is -0.348 e. The summed E-state index contributed by atoms with van der Waals surface area (Å²) in [5, 5.41) is 2.95. The number of carbonyl (C=O) groups is 1. The molecule has 1 saturated heterocycles. The molecule has 26 heavy (non-hydrogen) atoms. The van der Waals surface area contributed by atoms with Gasteiger partial charge >= 0.3 is 0 Å². The minimum atomic E-state index is -3.63. The summed E-state index contributed by atoms with van der Waals surface area (Å²) in [5.41, 5.74) is 0.981. The molecule has 9 heteroatoms. The Morgan fingerprint density at radius 2 is 2.04 bits per heavy atom. The first-order valence-corrected chi connectivity index (χ1v) is 11.0. The Bertz CT molecular complexity index is 885. The van der Waals surface area contributed by atoms with Crippen LogP contribution in [-0.2, 0) is 16.6 Å². The van der Waals surface area contributed by atoms with E-state index in [-0.39, 0.29) is 22.0 Å². The normalized spacial score (nSPS) is 15.6. The van der Waals surface area contributed by atoms with E-state index >= 15 is 0 Å². The van der Waals surface area contributed by atoms with E-state index in [4.69, 9.17) is 11.6 Å². The third-order valence-corrected chi connectivity index (χ3v) is 7.13. The summed E-state index contributed by atoms with van der Waals surface area (Å²) < 4.78 is 27.0. The van der Waals surface area contributed by atoms with Crippen molar-refractivity contribution in [2.75, 3.05) is 24.6 Å². The van der Waals surface area contributed by atoms with Crippen LogP contribution in [-0.4, -0.2) is 48.2 Å². The van der Waals surface area contributed by atoms with Gasteiger partial charge in [0.15, 0.2) is 0 Å². The van der Waals surface area contributed by atoms with Crippen LogP contribution < -0.4 is 5.32 Å². The van der Waals surface area contributed by atoms with Crippen molar-refractivity contribution >= 4 is 39.3 Å². The molecule has 0 unspecified atom stereocenters. The molecule has 1 fully saturated rings. The first-order chi connectivity index (χ1) is 12.5. The largest absolute Gasteiger partial charge is 0.348 e. The van der Waals surface area contributed by atoms with Crippen LogP contribution in [0.2, 0.25) is 5.02 Å². The maximum Gasteiger partial charge on any atom is 0.253 e. The molecule has 0 bridgehead atoms. The fourth-order valence-electron chi connectivity index (χ4n) is 2.56. The van der Waals surface area contributed by atoms with E-state index in [1.54, 1.807) is 30.2 Å². The van der Waals surface area contributed by atoms with E-state index in [0.717, 1.165) is 17.1 Å². The number of amides is 1. The van der Waals surface area contributed by atoms with Crippen molar-refractivity contribution in [3.8, 4) is 0 Å². The fourth-order valence-corrected chi connectivity index (χ4v) is 5.36. The second kappa shape index (κ2) is 8.39. The van der Waals surface area contributed by atoms with Gasteiger partial charge in [0.2, 0.25) is 10.0 Å². The minimum absolute atomic E-state index is 0.0836. The Morgan fingerprint density at radius 3 is 2.73 bits per heavy atom. The molecule has 3 rings (SSSR count). The number of benzene rings is 1. The van der Waals surface area contributed by atoms with Gasteiger partial charge < -0.3 is 5.32 Å². The van der Waals surface area contributed by atoms with Crippen molar-refractivity contribution in [2.45, 2.75) is 11.4 Å². The van der Waals surface area contributed by atoms with Gasteiger partial charge in [0.25, 0.3) is 5.91 Å². The topological polar surface area (TPSA) is 79.4 Å². The molecule has 0 aliphatic carbocycles. The molecule has 2 aromatic rings. The number of pyridine rings is 1. The number of nitrogens with one attached hydrogen (secondary N) is 1. The second-order valence-corrected chi connectivity index (χ2v) is 9.27. The van der Waals surface area contributed by atoms with Gasteiger partial charge in [-0.05, 0) is 29.8 Å². The SMILES string of the molecule is O=C(NCc1cccnc1)c1cc(S(=O)(=O)N2CCSCC2)ccc1Cl. The van der Waals surface area contributed by atoms with Crippen LogP contribution in [0.15, 0.2) is 47.6 Å². The van der Waals surface area contributed by atoms with Crippen molar-refractivity contribution in [3.05, 3.63) is 58.9 Å². The van der Waals surface area contributed by atoms with E-state index in [1.165, 1.54) is 22.5 Å². The van der Waals surface area contributed by atoms with E-state index in [2.05, 4.69) is 10.3 Å². The van der Waals surface area contributed by atoms with Crippen molar-refractivity contribution in [1.29, 1.82) is 0 Å². The Balaban J connectivity index is 1.79. The second-order valence-electron chi connectivity index (χ2n) is 5.70. The molecule has 0 radical (unpaired) electrons. The zero-order valence-corrected chi connectivity index (χ0v) is 16.3. The van der Waals surface area contributed by atoms with Crippen LogP contribution in [0.4, 0.5) is 0 Å². The van der Waals surface area contributed by atoms with E-state index < -0.39 is 15.9 Å². The van der Waals surface area contributed by atoms with E-state index in [9.17, 15) is 13.2 Å². The molecule has 0 spiro atoms. The molecular weight excluding hydrogens is 394 g/mol. The number of nitrogens with zero attached hydrogens (tertiary/aromatic N) is 2. The standard InChI is InChI=1S/C17H18ClN3O3S2/c18-16-4-3-14(26(23,24)21-6-8-25-9-7-21)10-15(16)17(22)20-12-13-2-1-5-19-11-13/h1-5,10-11H,6-9,12H2,(H,20,22). The maximum atomic E-state index is 12.8. The fraction of sp³-hybridized carbons (Fsp3) is 0.294. The molecule has 1 amide bonds. The lowest BCUT2D eigenvalue weighted by Gasteiger charge is -2.25. The van der Waals surface area contributed by atoms with E-state index in [0.29, 0.717) is 13.1 Å². The third-order valence-electron chi connectivity index (χ3n) is 3.97. The lowest BCUT2D eigenvalue weighted by atomic mass is 10.2. The molecular formula is C17H18ClN3O3S2. The summed E-state index contributed by atoms with van der Waals surface area (Å²) in [5.74, 6) is 1.11. The average Bonchev–Trinajstić information content (AvgIpc) is 2.68. The Labute approximate surface area is 162 Å². The number of hydrogen-bond donors (Lipinski definition) is 1. The number of halogens is 1. The molecule has 1 aromatic heterocycles. The van der Waals surface area contributed by atoms with Crippen LogP contribution in [0.3, 0.4) is 0 Å². The first-order valence-electron chi connectivity index (χ1n) is 8.03. The Hall–Kier alpha value is -1.61. The summed E-state index contributed by atoms with van der Waals surface area (Å²) >= 11 is 7.85. The molecule has 138 valence electrons. The highest BCUT2D eigenvalue weighted by molar-refractivity contribution is 7.99. The zero-order chi connectivity index (χ0) is 18.6. The smallest absolute Gasteiger partial charge is 0.253 e. The summed E-state index contributed by atoms with van der Waals surface area (Å²) in [6.45, 7) is 1.22. The van der Waals surface area contributed by atoms with Crippen molar-refractivity contribution < 1.29 is 13.2 Å². The maximum absolute atomic E-state index is 12.8. The van der Waals surface area contributed by atoms with E-state index in [1.807, 2.05) is 6.07 Å². The van der Waals surface area contributed by atoms with Gasteiger partial charge in [0.05, 0.1) is 15.5 Å². The van der Waals surface area contributed by atoms with Gasteiger partial charge in [-0.1, -0.05) is 17.7 Å². The molecule has 1 aliphatic heterocycles. The van der Waals surface area contributed by atoms with Gasteiger partial charge in [-0.15, -0.1) is 0 Å². The summed E-state index contributed by atoms with van der Waals surface area (Å²) in [4.78, 5) is 16.5. The van der Waals surface area contributed by atoms with Gasteiger partial charge in [0.1, 0.15) is 0 Å². The Kier molecular flexibility index (Phi) is 6.18. The predicted octanol–water partition coefficient (Wildman–Crippen LogP) is 2.40. The van der Waals surface area contributed by atoms with Crippen LogP contribution in [0.1, 0.15) is 15.9 Å². The predicted molar refractivity (Wildman–Crippen MR) is 103 cm³/mol. The molecule has 2 heterocycles. The van der Waals surface area contributed by atoms with Gasteiger partial charge in [-0.2, -0.15) is 16.1 Å². The van der Waals surface area contributed by atoms with Crippen molar-refractivity contribution in [2.24, 2.45) is 0 Å². The number of sulfonamides is 1. The average molecular weight is 412 g/mol. The molecule has 1 aromatic carbocycles. The first kappa shape index (κ1) is 19.2. The van der Waals surface area contributed by atoms with Crippen molar-refractivity contribution in [1.82, 2.24) is 14.6 Å². The summed E-state index contributed by atoms with van der Waals surface area (Å²) in [6, 6.07) is 7.85. The number of carbonyl (C=O) groups excluding carboxylic acids is 1. The number of aromatic nitrogens is 1. The molecule has 6 nitrogen and oxygen atoms in total. The number of thioether (sulfide) groups is 1. The molecule has 1 N–H and O–H groups in total. The quantitative estimate of drug-likeness (QED) is 0.817. The van der Waals surface area contributed by atoms with Crippen molar-refractivity contribution in [3.63, 3.8) is 0 Å². The molecule has 0 saturated carbocycles. The van der Waals surface area contributed by atoms with Gasteiger partial charge in [0, 0.05) is 43.5 Å². The molecule has 0 atom stereocenters. The third kappa shape index (κ3) is 4.37. The monoisotopic (exact) mass is 411 g/mol. The van der Waals surface area contributed by atoms with Gasteiger partial charge in [-0.25, -0.2) is 8.42 Å². The summed E-state index contributed by atoms with van der Waals surface area (Å²) in [7, 11) is -3.63. The highest BCUT2D eigenvalue weighted by Gasteiger charge is 2.27. The molecule has 1 aliphatic rings. The van der Waals surface area contributed by atoms with Crippen LogP contribution in [0.5, 0.6) is 0 Å². The highest BCUT2D eigenvalue weighted by Crippen LogP contribution is 2.25. The Morgan fingerprint density at radius 1 is 1.27 bits per heavy atom. The number of hydrogen-bond acceptors (Lipinski definition) is 5. The highest BCUT2D eigenvalue weighted by atomic mass is 35.5. The number of rotatable bonds is 5. The van der Waals surface area contributed by atoms with Gasteiger partial charge in [-0.3, -0.25) is 9.78 Å². The lowest BCUT2D eigenvalue weighted by Crippen LogP contribution is -2.38.